The minimum atomic E-state index is -1.02. The quantitative estimate of drug-likeness (QED) is 0.802. The largest absolute Gasteiger partial charge is 0.306 e. The Bertz CT molecular complexity index is 658. The molecule has 1 nitrogen and oxygen atoms in total. The summed E-state index contributed by atoms with van der Waals surface area (Å²) in [5.41, 5.74) is 1.14. The molecule has 0 spiro atoms. The van der Waals surface area contributed by atoms with Gasteiger partial charge in [-0.05, 0) is 36.7 Å². The minimum absolute atomic E-state index is 0.0563. The van der Waals surface area contributed by atoms with Crippen LogP contribution in [0.15, 0.2) is 30.3 Å². The first-order valence-corrected chi connectivity index (χ1v) is 6.96. The van der Waals surface area contributed by atoms with Crippen LogP contribution in [0.5, 0.6) is 0 Å². The zero-order chi connectivity index (χ0) is 15.6. The standard InChI is InChI=1S/C16H15ClF3N/c1-3-21-16(10-6-4-5-9(2)15(10)20)11-7-13(18)14(19)8-12(11)17/h4-8,16,21H,3H2,1-2H3. The highest BCUT2D eigenvalue weighted by atomic mass is 35.5. The van der Waals surface area contributed by atoms with Crippen LogP contribution in [-0.4, -0.2) is 6.54 Å². The summed E-state index contributed by atoms with van der Waals surface area (Å²) in [5.74, 6) is -2.42. The molecule has 0 heterocycles. The predicted molar refractivity (Wildman–Crippen MR) is 78.0 cm³/mol. The van der Waals surface area contributed by atoms with Gasteiger partial charge in [-0.25, -0.2) is 13.2 Å². The van der Waals surface area contributed by atoms with E-state index in [4.69, 9.17) is 11.6 Å². The summed E-state index contributed by atoms with van der Waals surface area (Å²) in [4.78, 5) is 0. The van der Waals surface area contributed by atoms with Crippen LogP contribution in [0.4, 0.5) is 13.2 Å². The van der Waals surface area contributed by atoms with E-state index < -0.39 is 17.7 Å². The van der Waals surface area contributed by atoms with E-state index >= 15 is 0 Å². The van der Waals surface area contributed by atoms with E-state index in [-0.39, 0.29) is 10.8 Å². The van der Waals surface area contributed by atoms with E-state index in [1.54, 1.807) is 25.1 Å². The Labute approximate surface area is 126 Å². The zero-order valence-corrected chi connectivity index (χ0v) is 12.4. The molecular formula is C16H15ClF3N. The number of aryl methyl sites for hydroxylation is 1. The molecule has 0 aromatic heterocycles. The normalized spacial score (nSPS) is 12.5. The van der Waals surface area contributed by atoms with Gasteiger partial charge in [-0.3, -0.25) is 0 Å². The number of rotatable bonds is 4. The Hall–Kier alpha value is -1.52. The van der Waals surface area contributed by atoms with E-state index in [2.05, 4.69) is 5.32 Å². The van der Waals surface area contributed by atoms with Gasteiger partial charge in [0.05, 0.1) is 6.04 Å². The van der Waals surface area contributed by atoms with Gasteiger partial charge in [0, 0.05) is 10.6 Å². The lowest BCUT2D eigenvalue weighted by Crippen LogP contribution is -2.24. The highest BCUT2D eigenvalue weighted by Crippen LogP contribution is 2.32. The maximum atomic E-state index is 14.3. The van der Waals surface area contributed by atoms with Crippen LogP contribution >= 0.6 is 11.6 Å². The first-order chi connectivity index (χ1) is 9.95. The smallest absolute Gasteiger partial charge is 0.160 e. The van der Waals surface area contributed by atoms with Crippen LogP contribution in [0.2, 0.25) is 5.02 Å². The average Bonchev–Trinajstić information content (AvgIpc) is 2.44. The molecule has 0 amide bonds. The number of nitrogens with one attached hydrogen (secondary N) is 1. The van der Waals surface area contributed by atoms with E-state index in [9.17, 15) is 13.2 Å². The molecule has 112 valence electrons. The first kappa shape index (κ1) is 15.9. The Kier molecular flexibility index (Phi) is 4.91. The second-order valence-corrected chi connectivity index (χ2v) is 5.16. The number of halogens is 4. The Morgan fingerprint density at radius 3 is 2.43 bits per heavy atom. The van der Waals surface area contributed by atoms with Crippen molar-refractivity contribution in [2.24, 2.45) is 0 Å². The van der Waals surface area contributed by atoms with Crippen molar-refractivity contribution < 1.29 is 13.2 Å². The summed E-state index contributed by atoms with van der Waals surface area (Å²) in [5, 5.41) is 3.11. The summed E-state index contributed by atoms with van der Waals surface area (Å²) < 4.78 is 41.0. The Balaban J connectivity index is 2.59. The van der Waals surface area contributed by atoms with Crippen molar-refractivity contribution in [3.63, 3.8) is 0 Å². The summed E-state index contributed by atoms with van der Waals surface area (Å²) in [6.07, 6.45) is 0. The van der Waals surface area contributed by atoms with Crippen molar-refractivity contribution in [1.82, 2.24) is 5.32 Å². The predicted octanol–water partition coefficient (Wildman–Crippen LogP) is 4.76. The van der Waals surface area contributed by atoms with E-state index in [0.29, 0.717) is 23.2 Å². The lowest BCUT2D eigenvalue weighted by Gasteiger charge is -2.21. The summed E-state index contributed by atoms with van der Waals surface area (Å²) >= 11 is 6.00. The maximum absolute atomic E-state index is 14.3. The highest BCUT2D eigenvalue weighted by molar-refractivity contribution is 6.31. The van der Waals surface area contributed by atoms with Crippen LogP contribution in [0, 0.1) is 24.4 Å². The molecule has 0 aliphatic rings. The topological polar surface area (TPSA) is 12.0 Å². The number of benzene rings is 2. The van der Waals surface area contributed by atoms with Gasteiger partial charge in [0.2, 0.25) is 0 Å². The van der Waals surface area contributed by atoms with Gasteiger partial charge < -0.3 is 5.32 Å². The van der Waals surface area contributed by atoms with Gasteiger partial charge in [-0.15, -0.1) is 0 Å². The van der Waals surface area contributed by atoms with Crippen molar-refractivity contribution in [3.8, 4) is 0 Å². The molecule has 1 unspecified atom stereocenters. The Morgan fingerprint density at radius 1 is 1.10 bits per heavy atom. The Morgan fingerprint density at radius 2 is 1.76 bits per heavy atom. The molecule has 1 atom stereocenters. The fourth-order valence-corrected chi connectivity index (χ4v) is 2.50. The molecule has 5 heteroatoms. The molecule has 2 aromatic rings. The molecule has 0 fully saturated rings. The van der Waals surface area contributed by atoms with Crippen molar-refractivity contribution in [3.05, 3.63) is 69.5 Å². The van der Waals surface area contributed by atoms with Gasteiger partial charge in [0.1, 0.15) is 5.82 Å². The van der Waals surface area contributed by atoms with E-state index in [1.807, 2.05) is 6.92 Å². The van der Waals surface area contributed by atoms with Gasteiger partial charge in [-0.2, -0.15) is 0 Å². The lowest BCUT2D eigenvalue weighted by atomic mass is 9.96. The molecule has 0 aliphatic heterocycles. The lowest BCUT2D eigenvalue weighted by molar-refractivity contribution is 0.501. The summed E-state index contributed by atoms with van der Waals surface area (Å²) in [6.45, 7) is 4.01. The second-order valence-electron chi connectivity index (χ2n) is 4.76. The van der Waals surface area contributed by atoms with Crippen molar-refractivity contribution in [2.45, 2.75) is 19.9 Å². The molecule has 0 radical (unpaired) electrons. The molecule has 21 heavy (non-hydrogen) atoms. The van der Waals surface area contributed by atoms with Crippen molar-refractivity contribution in [2.75, 3.05) is 6.54 Å². The van der Waals surface area contributed by atoms with Crippen LogP contribution in [0.1, 0.15) is 29.7 Å². The van der Waals surface area contributed by atoms with Crippen LogP contribution in [0.3, 0.4) is 0 Å². The van der Waals surface area contributed by atoms with E-state index in [0.717, 1.165) is 12.1 Å². The van der Waals surface area contributed by atoms with Crippen molar-refractivity contribution in [1.29, 1.82) is 0 Å². The zero-order valence-electron chi connectivity index (χ0n) is 11.7. The van der Waals surface area contributed by atoms with E-state index in [1.165, 1.54) is 0 Å². The highest BCUT2D eigenvalue weighted by Gasteiger charge is 2.22. The second kappa shape index (κ2) is 6.50. The first-order valence-electron chi connectivity index (χ1n) is 6.58. The fraction of sp³-hybridized carbons (Fsp3) is 0.250. The monoisotopic (exact) mass is 313 g/mol. The summed E-state index contributed by atoms with van der Waals surface area (Å²) in [6, 6.07) is 6.24. The molecule has 2 aromatic carbocycles. The molecule has 0 bridgehead atoms. The van der Waals surface area contributed by atoms with Gasteiger partial charge in [0.25, 0.3) is 0 Å². The average molecular weight is 314 g/mol. The maximum Gasteiger partial charge on any atom is 0.160 e. The third kappa shape index (κ3) is 3.22. The number of hydrogen-bond acceptors (Lipinski definition) is 1. The molecule has 0 aliphatic carbocycles. The third-order valence-electron chi connectivity index (χ3n) is 3.29. The van der Waals surface area contributed by atoms with Crippen LogP contribution < -0.4 is 5.32 Å². The van der Waals surface area contributed by atoms with Gasteiger partial charge >= 0.3 is 0 Å². The molecular weight excluding hydrogens is 299 g/mol. The van der Waals surface area contributed by atoms with Crippen LogP contribution in [-0.2, 0) is 0 Å². The molecule has 0 saturated heterocycles. The minimum Gasteiger partial charge on any atom is -0.306 e. The molecule has 1 N–H and O–H groups in total. The van der Waals surface area contributed by atoms with Crippen LogP contribution in [0.25, 0.3) is 0 Å². The van der Waals surface area contributed by atoms with Gasteiger partial charge in [-0.1, -0.05) is 36.7 Å². The fourth-order valence-electron chi connectivity index (χ4n) is 2.24. The SMILES string of the molecule is CCNC(c1cc(F)c(F)cc1Cl)c1cccc(C)c1F. The number of hydrogen-bond donors (Lipinski definition) is 1. The molecule has 2 rings (SSSR count). The van der Waals surface area contributed by atoms with Crippen molar-refractivity contribution >= 4 is 11.6 Å². The van der Waals surface area contributed by atoms with Gasteiger partial charge in [0.15, 0.2) is 11.6 Å². The summed E-state index contributed by atoms with van der Waals surface area (Å²) in [7, 11) is 0. The third-order valence-corrected chi connectivity index (χ3v) is 3.62. The molecule has 0 saturated carbocycles.